The maximum absolute atomic E-state index is 12.0. The Bertz CT molecular complexity index is 420. The fourth-order valence-corrected chi connectivity index (χ4v) is 2.34. The molecule has 1 saturated heterocycles. The first-order valence-corrected chi connectivity index (χ1v) is 6.54. The molecular weight excluding hydrogens is 230 g/mol. The van der Waals surface area contributed by atoms with Crippen molar-refractivity contribution in [2.75, 3.05) is 13.1 Å². The van der Waals surface area contributed by atoms with Crippen LogP contribution in [-0.2, 0) is 4.79 Å². The zero-order valence-corrected chi connectivity index (χ0v) is 10.3. The minimum Gasteiger partial charge on any atom is -0.471 e. The van der Waals surface area contributed by atoms with E-state index in [1.807, 2.05) is 4.90 Å². The molecule has 1 aliphatic heterocycles. The summed E-state index contributed by atoms with van der Waals surface area (Å²) >= 11 is 0. The highest BCUT2D eigenvalue weighted by molar-refractivity contribution is 5.81. The molecule has 1 aromatic rings. The molecule has 2 fully saturated rings. The lowest BCUT2D eigenvalue weighted by Gasteiger charge is -2.32. The second-order valence-electron chi connectivity index (χ2n) is 4.98. The van der Waals surface area contributed by atoms with Crippen LogP contribution in [-0.4, -0.2) is 40.0 Å². The van der Waals surface area contributed by atoms with E-state index in [-0.39, 0.29) is 6.10 Å². The van der Waals surface area contributed by atoms with Crippen molar-refractivity contribution in [1.82, 2.24) is 14.9 Å². The third-order valence-electron chi connectivity index (χ3n) is 3.44. The van der Waals surface area contributed by atoms with Gasteiger partial charge in [0.25, 0.3) is 0 Å². The van der Waals surface area contributed by atoms with Crippen molar-refractivity contribution < 1.29 is 9.53 Å². The van der Waals surface area contributed by atoms with Gasteiger partial charge in [0.05, 0.1) is 12.7 Å². The number of carbonyl (C=O) groups excluding carboxylic acids is 1. The van der Waals surface area contributed by atoms with Gasteiger partial charge in [-0.05, 0) is 25.7 Å². The van der Waals surface area contributed by atoms with Gasteiger partial charge in [-0.1, -0.05) is 0 Å². The van der Waals surface area contributed by atoms with Gasteiger partial charge in [0.2, 0.25) is 11.8 Å². The first kappa shape index (κ1) is 11.4. The van der Waals surface area contributed by atoms with E-state index in [1.54, 1.807) is 18.6 Å². The molecule has 2 aliphatic rings. The van der Waals surface area contributed by atoms with E-state index >= 15 is 0 Å². The Morgan fingerprint density at radius 3 is 2.94 bits per heavy atom. The van der Waals surface area contributed by atoms with Crippen molar-refractivity contribution in [3.63, 3.8) is 0 Å². The van der Waals surface area contributed by atoms with Crippen LogP contribution in [0.3, 0.4) is 0 Å². The van der Waals surface area contributed by atoms with Crippen molar-refractivity contribution in [1.29, 1.82) is 0 Å². The van der Waals surface area contributed by atoms with Crippen LogP contribution in [0.15, 0.2) is 18.6 Å². The van der Waals surface area contributed by atoms with Gasteiger partial charge in [-0.3, -0.25) is 9.78 Å². The summed E-state index contributed by atoms with van der Waals surface area (Å²) in [5, 5.41) is 0. The average molecular weight is 247 g/mol. The van der Waals surface area contributed by atoms with Crippen molar-refractivity contribution in [3.8, 4) is 5.88 Å². The molecule has 0 spiro atoms. The number of nitrogens with zero attached hydrogens (tertiary/aromatic N) is 3. The maximum atomic E-state index is 12.0. The van der Waals surface area contributed by atoms with Gasteiger partial charge in [0.15, 0.2) is 0 Å². The molecule has 0 bridgehead atoms. The highest BCUT2D eigenvalue weighted by Crippen LogP contribution is 2.32. The molecule has 5 heteroatoms. The third kappa shape index (κ3) is 2.60. The molecule has 1 aromatic heterocycles. The lowest BCUT2D eigenvalue weighted by molar-refractivity contribution is -0.135. The van der Waals surface area contributed by atoms with Gasteiger partial charge in [-0.15, -0.1) is 0 Å². The molecule has 1 unspecified atom stereocenters. The van der Waals surface area contributed by atoms with Crippen molar-refractivity contribution in [2.24, 2.45) is 5.92 Å². The maximum Gasteiger partial charge on any atom is 0.232 e. The molecule has 1 atom stereocenters. The van der Waals surface area contributed by atoms with Crippen molar-refractivity contribution in [2.45, 2.75) is 31.8 Å². The monoisotopic (exact) mass is 247 g/mol. The van der Waals surface area contributed by atoms with Gasteiger partial charge in [-0.25, -0.2) is 4.98 Å². The Kier molecular flexibility index (Phi) is 3.13. The van der Waals surface area contributed by atoms with Crippen LogP contribution in [0.2, 0.25) is 0 Å². The Labute approximate surface area is 106 Å². The van der Waals surface area contributed by atoms with Gasteiger partial charge in [-0.2, -0.15) is 0 Å². The number of aromatic nitrogens is 2. The van der Waals surface area contributed by atoms with Crippen LogP contribution < -0.4 is 4.74 Å². The normalized spacial score (nSPS) is 23.8. The summed E-state index contributed by atoms with van der Waals surface area (Å²) in [7, 11) is 0. The van der Waals surface area contributed by atoms with Crippen LogP contribution in [0, 0.1) is 5.92 Å². The summed E-state index contributed by atoms with van der Waals surface area (Å²) in [5.41, 5.74) is 0. The molecule has 0 radical (unpaired) electrons. The lowest BCUT2D eigenvalue weighted by Crippen LogP contribution is -2.45. The Morgan fingerprint density at radius 2 is 2.22 bits per heavy atom. The van der Waals surface area contributed by atoms with E-state index in [0.717, 1.165) is 32.2 Å². The van der Waals surface area contributed by atoms with E-state index in [9.17, 15) is 4.79 Å². The predicted octanol–water partition coefficient (Wildman–Crippen LogP) is 1.26. The zero-order valence-electron chi connectivity index (χ0n) is 10.3. The predicted molar refractivity (Wildman–Crippen MR) is 65.0 cm³/mol. The van der Waals surface area contributed by atoms with Gasteiger partial charge in [0, 0.05) is 24.9 Å². The molecule has 5 nitrogen and oxygen atoms in total. The van der Waals surface area contributed by atoms with Gasteiger partial charge >= 0.3 is 0 Å². The highest BCUT2D eigenvalue weighted by atomic mass is 16.5. The molecule has 2 heterocycles. The molecule has 18 heavy (non-hydrogen) atoms. The minimum absolute atomic E-state index is 0.0538. The van der Waals surface area contributed by atoms with E-state index in [0.29, 0.717) is 24.2 Å². The number of likely N-dealkylation sites (tertiary alicyclic amines) is 1. The zero-order chi connectivity index (χ0) is 12.4. The number of hydrogen-bond acceptors (Lipinski definition) is 4. The minimum atomic E-state index is 0.0538. The average Bonchev–Trinajstić information content (AvgIpc) is 3.24. The van der Waals surface area contributed by atoms with E-state index in [4.69, 9.17) is 4.74 Å². The molecule has 96 valence electrons. The quantitative estimate of drug-likeness (QED) is 0.806. The summed E-state index contributed by atoms with van der Waals surface area (Å²) in [6, 6.07) is 0. The van der Waals surface area contributed by atoms with E-state index in [1.165, 1.54) is 0 Å². The second kappa shape index (κ2) is 4.92. The molecule has 1 saturated carbocycles. The van der Waals surface area contributed by atoms with Crippen LogP contribution in [0.5, 0.6) is 5.88 Å². The third-order valence-corrected chi connectivity index (χ3v) is 3.44. The van der Waals surface area contributed by atoms with E-state index in [2.05, 4.69) is 9.97 Å². The molecular formula is C13H17N3O2. The smallest absolute Gasteiger partial charge is 0.232 e. The fraction of sp³-hybridized carbons (Fsp3) is 0.615. The van der Waals surface area contributed by atoms with Gasteiger partial charge in [0.1, 0.15) is 6.10 Å². The number of amides is 1. The Morgan fingerprint density at radius 1 is 1.33 bits per heavy atom. The summed E-state index contributed by atoms with van der Waals surface area (Å²) < 4.78 is 5.77. The van der Waals surface area contributed by atoms with Crippen LogP contribution in [0.1, 0.15) is 25.7 Å². The SMILES string of the molecule is O=C(C1CC1)N1CCCC(Oc2cnccn2)C1. The summed E-state index contributed by atoms with van der Waals surface area (Å²) in [5.74, 6) is 1.14. The van der Waals surface area contributed by atoms with Crippen LogP contribution in [0.4, 0.5) is 0 Å². The topological polar surface area (TPSA) is 55.3 Å². The lowest BCUT2D eigenvalue weighted by atomic mass is 10.1. The summed E-state index contributed by atoms with van der Waals surface area (Å²) in [6.07, 6.45) is 9.01. The first-order chi connectivity index (χ1) is 8.83. The number of piperidine rings is 1. The molecule has 0 N–H and O–H groups in total. The first-order valence-electron chi connectivity index (χ1n) is 6.54. The highest BCUT2D eigenvalue weighted by Gasteiger charge is 2.35. The summed E-state index contributed by atoms with van der Waals surface area (Å²) in [6.45, 7) is 1.56. The summed E-state index contributed by atoms with van der Waals surface area (Å²) in [4.78, 5) is 22.0. The largest absolute Gasteiger partial charge is 0.471 e. The number of rotatable bonds is 3. The molecule has 1 aliphatic carbocycles. The van der Waals surface area contributed by atoms with Crippen molar-refractivity contribution >= 4 is 5.91 Å². The fourth-order valence-electron chi connectivity index (χ4n) is 2.34. The Hall–Kier alpha value is -1.65. The van der Waals surface area contributed by atoms with Crippen molar-refractivity contribution in [3.05, 3.63) is 18.6 Å². The Balaban J connectivity index is 1.58. The van der Waals surface area contributed by atoms with Crippen LogP contribution in [0.25, 0.3) is 0 Å². The van der Waals surface area contributed by atoms with Crippen LogP contribution >= 0.6 is 0 Å². The molecule has 1 amide bonds. The van der Waals surface area contributed by atoms with E-state index < -0.39 is 0 Å². The van der Waals surface area contributed by atoms with Gasteiger partial charge < -0.3 is 9.64 Å². The molecule has 3 rings (SSSR count). The number of hydrogen-bond donors (Lipinski definition) is 0. The second-order valence-corrected chi connectivity index (χ2v) is 4.98. The standard InChI is InChI=1S/C13H17N3O2/c17-13(10-3-4-10)16-7-1-2-11(9-16)18-12-8-14-5-6-15-12/h5-6,8,10-11H,1-4,7,9H2. The number of ether oxygens (including phenoxy) is 1. The number of carbonyl (C=O) groups is 1. The molecule has 0 aromatic carbocycles.